The van der Waals surface area contributed by atoms with E-state index in [-0.39, 0.29) is 26.9 Å². The van der Waals surface area contributed by atoms with E-state index in [0.29, 0.717) is 5.56 Å². The molecule has 142 valence electrons. The molecular weight excluding hydrogens is 400 g/mol. The van der Waals surface area contributed by atoms with Crippen molar-refractivity contribution in [3.8, 4) is 0 Å². The van der Waals surface area contributed by atoms with E-state index in [9.17, 15) is 13.2 Å². The third-order valence-electron chi connectivity index (χ3n) is 5.10. The minimum atomic E-state index is -4.71. The van der Waals surface area contributed by atoms with Crippen LogP contribution in [0.3, 0.4) is 0 Å². The Morgan fingerprint density at radius 2 is 1.56 bits per heavy atom. The molecule has 0 aromatic heterocycles. The summed E-state index contributed by atoms with van der Waals surface area (Å²) in [7, 11) is 0. The number of hydrogen-bond acceptors (Lipinski definition) is 3. The topological polar surface area (TPSA) is 47.6 Å². The Bertz CT molecular complexity index is 903. The third kappa shape index (κ3) is 3.20. The van der Waals surface area contributed by atoms with Crippen LogP contribution in [0.25, 0.3) is 0 Å². The van der Waals surface area contributed by atoms with Gasteiger partial charge in [0, 0.05) is 27.6 Å². The Balaban J connectivity index is 1.67. The van der Waals surface area contributed by atoms with Crippen molar-refractivity contribution in [2.24, 2.45) is 10.9 Å². The molecule has 0 amide bonds. The van der Waals surface area contributed by atoms with Crippen molar-refractivity contribution in [3.63, 3.8) is 0 Å². The number of benzene rings is 2. The molecule has 4 rings (SSSR count). The molecule has 0 saturated heterocycles. The van der Waals surface area contributed by atoms with Crippen molar-refractivity contribution in [2.75, 3.05) is 0 Å². The van der Waals surface area contributed by atoms with Gasteiger partial charge in [-0.25, -0.2) is 0 Å². The molecule has 8 heteroatoms. The van der Waals surface area contributed by atoms with Crippen molar-refractivity contribution in [2.45, 2.75) is 36.6 Å². The fourth-order valence-electron chi connectivity index (χ4n) is 3.26. The van der Waals surface area contributed by atoms with Crippen molar-refractivity contribution in [1.29, 1.82) is 0 Å². The van der Waals surface area contributed by atoms with E-state index in [2.05, 4.69) is 5.16 Å². The summed E-state index contributed by atoms with van der Waals surface area (Å²) in [6.07, 6.45) is -3.37. The molecule has 3 nitrogen and oxygen atoms in total. The number of halogens is 5. The van der Waals surface area contributed by atoms with E-state index in [1.165, 1.54) is 18.2 Å². The van der Waals surface area contributed by atoms with E-state index >= 15 is 0 Å². The zero-order chi connectivity index (χ0) is 19.4. The first kappa shape index (κ1) is 18.6. The molecule has 0 spiro atoms. The maximum Gasteiger partial charge on any atom is 0.435 e. The lowest BCUT2D eigenvalue weighted by molar-refractivity contribution is -0.275. The number of nitrogens with two attached hydrogens (primary N) is 1. The fourth-order valence-corrected chi connectivity index (χ4v) is 3.79. The normalized spacial score (nSPS) is 23.7. The van der Waals surface area contributed by atoms with Gasteiger partial charge in [0.05, 0.1) is 5.71 Å². The fraction of sp³-hybridized carbons (Fsp3) is 0.316. The second-order valence-electron chi connectivity index (χ2n) is 7.02. The smallest absolute Gasteiger partial charge is 0.374 e. The van der Waals surface area contributed by atoms with Crippen LogP contribution in [0.2, 0.25) is 10.0 Å². The predicted octanol–water partition coefficient (Wildman–Crippen LogP) is 5.52. The summed E-state index contributed by atoms with van der Waals surface area (Å²) in [4.78, 5) is 5.00. The molecule has 1 aliphatic heterocycles. The molecule has 1 saturated carbocycles. The molecule has 0 radical (unpaired) electrons. The van der Waals surface area contributed by atoms with Crippen LogP contribution in [0, 0.1) is 0 Å². The minimum absolute atomic E-state index is 0.0974. The average Bonchev–Trinajstić information content (AvgIpc) is 3.17. The quantitative estimate of drug-likeness (QED) is 0.718. The van der Waals surface area contributed by atoms with Crippen molar-refractivity contribution in [3.05, 3.63) is 69.2 Å². The molecule has 2 N–H and O–H groups in total. The molecule has 2 aromatic rings. The highest BCUT2D eigenvalue weighted by Gasteiger charge is 2.62. The van der Waals surface area contributed by atoms with Gasteiger partial charge in [0.2, 0.25) is 0 Å². The third-order valence-corrected chi connectivity index (χ3v) is 5.53. The largest absolute Gasteiger partial charge is 0.435 e. The standard InChI is InChI=1S/C19H15Cl2F3N2O/c20-14-7-13(8-15(21)9-14)18(19(22,23)24)10-16(26-27-18)11-1-3-12(4-2-11)17(25)5-6-17/h1-4,7-9H,5-6,10,25H2. The lowest BCUT2D eigenvalue weighted by Crippen LogP contribution is -2.42. The zero-order valence-corrected chi connectivity index (χ0v) is 15.5. The van der Waals surface area contributed by atoms with Gasteiger partial charge in [-0.1, -0.05) is 52.6 Å². The summed E-state index contributed by atoms with van der Waals surface area (Å²) in [6.45, 7) is 0. The molecule has 2 aliphatic rings. The summed E-state index contributed by atoms with van der Waals surface area (Å²) in [6, 6.07) is 10.9. The first-order valence-electron chi connectivity index (χ1n) is 8.31. The van der Waals surface area contributed by atoms with Crippen LogP contribution < -0.4 is 5.73 Å². The number of oxime groups is 1. The van der Waals surface area contributed by atoms with Gasteiger partial charge in [-0.3, -0.25) is 0 Å². The lowest BCUT2D eigenvalue weighted by atomic mass is 9.86. The number of nitrogens with zero attached hydrogens (tertiary/aromatic N) is 1. The number of alkyl halides is 3. The van der Waals surface area contributed by atoms with Crippen LogP contribution in [0.15, 0.2) is 47.6 Å². The highest BCUT2D eigenvalue weighted by atomic mass is 35.5. The number of rotatable bonds is 3. The van der Waals surface area contributed by atoms with Crippen LogP contribution in [-0.4, -0.2) is 11.9 Å². The molecule has 1 fully saturated rings. The molecule has 1 unspecified atom stereocenters. The average molecular weight is 415 g/mol. The van der Waals surface area contributed by atoms with Gasteiger partial charge >= 0.3 is 6.18 Å². The molecule has 1 atom stereocenters. The van der Waals surface area contributed by atoms with Gasteiger partial charge < -0.3 is 10.6 Å². The van der Waals surface area contributed by atoms with E-state index in [1.54, 1.807) is 12.1 Å². The minimum Gasteiger partial charge on any atom is -0.374 e. The SMILES string of the molecule is NC1(c2ccc(C3=NOC(c4cc(Cl)cc(Cl)c4)(C(F)(F)F)C3)cc2)CC1. The van der Waals surface area contributed by atoms with Crippen LogP contribution in [0.4, 0.5) is 13.2 Å². The van der Waals surface area contributed by atoms with Crippen molar-refractivity contribution >= 4 is 28.9 Å². The van der Waals surface area contributed by atoms with Gasteiger partial charge in [0.25, 0.3) is 5.60 Å². The van der Waals surface area contributed by atoms with Crippen LogP contribution >= 0.6 is 23.2 Å². The van der Waals surface area contributed by atoms with Crippen LogP contribution in [0.1, 0.15) is 36.0 Å². The monoisotopic (exact) mass is 414 g/mol. The Kier molecular flexibility index (Phi) is 4.22. The molecule has 1 heterocycles. The number of hydrogen-bond donors (Lipinski definition) is 1. The van der Waals surface area contributed by atoms with E-state index in [1.807, 2.05) is 12.1 Å². The van der Waals surface area contributed by atoms with Crippen LogP contribution in [-0.2, 0) is 16.0 Å². The predicted molar refractivity (Wildman–Crippen MR) is 98.0 cm³/mol. The van der Waals surface area contributed by atoms with Gasteiger partial charge in [-0.05, 0) is 42.2 Å². The van der Waals surface area contributed by atoms with E-state index < -0.39 is 18.2 Å². The molecule has 2 aromatic carbocycles. The van der Waals surface area contributed by atoms with Gasteiger partial charge in [0.15, 0.2) is 0 Å². The van der Waals surface area contributed by atoms with Crippen molar-refractivity contribution in [1.82, 2.24) is 0 Å². The first-order valence-corrected chi connectivity index (χ1v) is 9.07. The van der Waals surface area contributed by atoms with Gasteiger partial charge in [-0.2, -0.15) is 13.2 Å². The summed E-state index contributed by atoms with van der Waals surface area (Å²) in [5.74, 6) is 0. The highest BCUT2D eigenvalue weighted by molar-refractivity contribution is 6.34. The Morgan fingerprint density at radius 1 is 0.963 bits per heavy atom. The summed E-state index contributed by atoms with van der Waals surface area (Å²) < 4.78 is 41.9. The second-order valence-corrected chi connectivity index (χ2v) is 7.90. The Morgan fingerprint density at radius 3 is 2.07 bits per heavy atom. The van der Waals surface area contributed by atoms with Gasteiger partial charge in [0.1, 0.15) is 0 Å². The van der Waals surface area contributed by atoms with Crippen molar-refractivity contribution < 1.29 is 18.0 Å². The molecule has 27 heavy (non-hydrogen) atoms. The van der Waals surface area contributed by atoms with E-state index in [0.717, 1.165) is 18.4 Å². The van der Waals surface area contributed by atoms with Gasteiger partial charge in [-0.15, -0.1) is 0 Å². The lowest BCUT2D eigenvalue weighted by Gasteiger charge is -2.29. The van der Waals surface area contributed by atoms with Crippen LogP contribution in [0.5, 0.6) is 0 Å². The Labute approximate surface area is 163 Å². The second kappa shape index (κ2) is 6.12. The first-order chi connectivity index (χ1) is 12.6. The summed E-state index contributed by atoms with van der Waals surface area (Å²) >= 11 is 11.8. The highest BCUT2D eigenvalue weighted by Crippen LogP contribution is 2.50. The summed E-state index contributed by atoms with van der Waals surface area (Å²) in [5.41, 5.74) is 4.77. The molecule has 1 aliphatic carbocycles. The zero-order valence-electron chi connectivity index (χ0n) is 14.0. The van der Waals surface area contributed by atoms with E-state index in [4.69, 9.17) is 33.8 Å². The maximum atomic E-state index is 14.0. The molecule has 0 bridgehead atoms. The summed E-state index contributed by atoms with van der Waals surface area (Å²) in [5, 5.41) is 3.94. The maximum absolute atomic E-state index is 14.0. The molecular formula is C19H15Cl2F3N2O. The Hall–Kier alpha value is -1.76.